The standard InChI is InChI=1S/C17H10F5N3O/c18-13-4-2-10(8-14(13)19)16(26)24-15-5-3-11(25-7-1-6-23-25)9-12(15)17(20,21)22/h1-9H,(H,24,26). The molecule has 0 bridgehead atoms. The summed E-state index contributed by atoms with van der Waals surface area (Å²) in [6, 6.07) is 7.07. The van der Waals surface area contributed by atoms with Crippen molar-refractivity contribution in [3.05, 3.63) is 77.6 Å². The van der Waals surface area contributed by atoms with E-state index in [-0.39, 0.29) is 11.3 Å². The molecular formula is C17H10F5N3O. The van der Waals surface area contributed by atoms with E-state index in [0.717, 1.165) is 24.3 Å². The summed E-state index contributed by atoms with van der Waals surface area (Å²) >= 11 is 0. The molecule has 0 spiro atoms. The highest BCUT2D eigenvalue weighted by Crippen LogP contribution is 2.36. The van der Waals surface area contributed by atoms with Crippen molar-refractivity contribution in [2.45, 2.75) is 6.18 Å². The van der Waals surface area contributed by atoms with Crippen LogP contribution in [0.3, 0.4) is 0 Å². The van der Waals surface area contributed by atoms with E-state index < -0.39 is 35.0 Å². The second-order valence-electron chi connectivity index (χ2n) is 5.26. The number of nitrogens with one attached hydrogen (secondary N) is 1. The molecule has 0 aliphatic carbocycles. The van der Waals surface area contributed by atoms with Crippen LogP contribution in [-0.4, -0.2) is 15.7 Å². The Morgan fingerprint density at radius 2 is 1.81 bits per heavy atom. The lowest BCUT2D eigenvalue weighted by molar-refractivity contribution is -0.136. The van der Waals surface area contributed by atoms with Crippen LogP contribution >= 0.6 is 0 Å². The molecule has 0 atom stereocenters. The molecule has 0 unspecified atom stereocenters. The summed E-state index contributed by atoms with van der Waals surface area (Å²) in [5, 5.41) is 5.93. The average molecular weight is 367 g/mol. The highest BCUT2D eigenvalue weighted by atomic mass is 19.4. The molecule has 0 saturated carbocycles. The van der Waals surface area contributed by atoms with E-state index in [1.54, 1.807) is 6.07 Å². The van der Waals surface area contributed by atoms with Crippen LogP contribution in [0.1, 0.15) is 15.9 Å². The second-order valence-corrected chi connectivity index (χ2v) is 5.26. The number of hydrogen-bond donors (Lipinski definition) is 1. The monoisotopic (exact) mass is 367 g/mol. The van der Waals surface area contributed by atoms with E-state index in [1.165, 1.54) is 23.1 Å². The van der Waals surface area contributed by atoms with Crippen molar-refractivity contribution in [3.63, 3.8) is 0 Å². The number of rotatable bonds is 3. The fourth-order valence-corrected chi connectivity index (χ4v) is 2.27. The molecule has 9 heteroatoms. The smallest absolute Gasteiger partial charge is 0.321 e. The van der Waals surface area contributed by atoms with Gasteiger partial charge in [0.25, 0.3) is 5.91 Å². The number of halogens is 5. The zero-order valence-electron chi connectivity index (χ0n) is 12.9. The minimum atomic E-state index is -4.75. The van der Waals surface area contributed by atoms with Gasteiger partial charge in [0.1, 0.15) is 0 Å². The lowest BCUT2D eigenvalue weighted by atomic mass is 10.1. The van der Waals surface area contributed by atoms with Crippen molar-refractivity contribution in [1.29, 1.82) is 0 Å². The molecule has 0 aliphatic heterocycles. The largest absolute Gasteiger partial charge is 0.418 e. The molecule has 1 N–H and O–H groups in total. The molecule has 134 valence electrons. The Balaban J connectivity index is 1.96. The number of aromatic nitrogens is 2. The van der Waals surface area contributed by atoms with Gasteiger partial charge in [0, 0.05) is 18.0 Å². The molecule has 1 amide bonds. The van der Waals surface area contributed by atoms with Crippen LogP contribution in [0.2, 0.25) is 0 Å². The van der Waals surface area contributed by atoms with Gasteiger partial charge >= 0.3 is 6.18 Å². The SMILES string of the molecule is O=C(Nc1ccc(-n2cccn2)cc1C(F)(F)F)c1ccc(F)c(F)c1. The van der Waals surface area contributed by atoms with Crippen molar-refractivity contribution in [3.8, 4) is 5.69 Å². The number of nitrogens with zero attached hydrogens (tertiary/aromatic N) is 2. The van der Waals surface area contributed by atoms with Gasteiger partial charge in [0.2, 0.25) is 0 Å². The van der Waals surface area contributed by atoms with Gasteiger partial charge in [-0.25, -0.2) is 13.5 Å². The number of anilines is 1. The summed E-state index contributed by atoms with van der Waals surface area (Å²) in [7, 11) is 0. The lowest BCUT2D eigenvalue weighted by Crippen LogP contribution is -2.17. The lowest BCUT2D eigenvalue weighted by Gasteiger charge is -2.15. The van der Waals surface area contributed by atoms with Gasteiger partial charge in [-0.05, 0) is 42.5 Å². The summed E-state index contributed by atoms with van der Waals surface area (Å²) in [6.07, 6.45) is -1.87. The van der Waals surface area contributed by atoms with Crippen molar-refractivity contribution in [2.24, 2.45) is 0 Å². The van der Waals surface area contributed by atoms with E-state index in [9.17, 15) is 26.7 Å². The topological polar surface area (TPSA) is 46.9 Å². The number of carbonyl (C=O) groups is 1. The predicted octanol–water partition coefficient (Wildman–Crippen LogP) is 4.42. The molecule has 0 saturated heterocycles. The normalized spacial score (nSPS) is 11.4. The van der Waals surface area contributed by atoms with Crippen LogP contribution in [0.25, 0.3) is 5.69 Å². The van der Waals surface area contributed by atoms with Crippen LogP contribution in [0, 0.1) is 11.6 Å². The molecule has 26 heavy (non-hydrogen) atoms. The van der Waals surface area contributed by atoms with E-state index in [0.29, 0.717) is 6.07 Å². The quantitative estimate of drug-likeness (QED) is 0.697. The number of alkyl halides is 3. The van der Waals surface area contributed by atoms with Gasteiger partial charge in [-0.1, -0.05) is 0 Å². The molecular weight excluding hydrogens is 357 g/mol. The van der Waals surface area contributed by atoms with Crippen molar-refractivity contribution >= 4 is 11.6 Å². The number of carbonyl (C=O) groups excluding carboxylic acids is 1. The molecule has 4 nitrogen and oxygen atoms in total. The minimum Gasteiger partial charge on any atom is -0.321 e. The third kappa shape index (κ3) is 3.56. The molecule has 0 fully saturated rings. The fraction of sp³-hybridized carbons (Fsp3) is 0.0588. The maximum Gasteiger partial charge on any atom is 0.418 e. The van der Waals surface area contributed by atoms with Gasteiger partial charge in [0.05, 0.1) is 16.9 Å². The number of benzene rings is 2. The van der Waals surface area contributed by atoms with Crippen LogP contribution < -0.4 is 5.32 Å². The minimum absolute atomic E-state index is 0.146. The molecule has 3 aromatic rings. The Kier molecular flexibility index (Phi) is 4.45. The van der Waals surface area contributed by atoms with Crippen molar-refractivity contribution in [1.82, 2.24) is 9.78 Å². The van der Waals surface area contributed by atoms with Gasteiger partial charge in [0.15, 0.2) is 11.6 Å². The Bertz CT molecular complexity index is 952. The first-order valence-electron chi connectivity index (χ1n) is 7.23. The summed E-state index contributed by atoms with van der Waals surface area (Å²) in [5.41, 5.74) is -1.77. The maximum absolute atomic E-state index is 13.3. The third-order valence-corrected chi connectivity index (χ3v) is 3.51. The highest BCUT2D eigenvalue weighted by Gasteiger charge is 2.34. The van der Waals surface area contributed by atoms with Gasteiger partial charge in [-0.15, -0.1) is 0 Å². The molecule has 1 heterocycles. The maximum atomic E-state index is 13.3. The fourth-order valence-electron chi connectivity index (χ4n) is 2.27. The Hall–Kier alpha value is -3.23. The first kappa shape index (κ1) is 17.6. The van der Waals surface area contributed by atoms with Gasteiger partial charge in [-0.2, -0.15) is 18.3 Å². The summed E-state index contributed by atoms with van der Waals surface area (Å²) in [6.45, 7) is 0. The summed E-state index contributed by atoms with van der Waals surface area (Å²) in [5.74, 6) is -3.44. The Labute approximate surface area is 143 Å². The van der Waals surface area contributed by atoms with Crippen LogP contribution in [0.4, 0.5) is 27.6 Å². The first-order valence-corrected chi connectivity index (χ1v) is 7.23. The van der Waals surface area contributed by atoms with Crippen LogP contribution in [0.5, 0.6) is 0 Å². The Morgan fingerprint density at radius 1 is 1.04 bits per heavy atom. The van der Waals surface area contributed by atoms with E-state index in [4.69, 9.17) is 0 Å². The van der Waals surface area contributed by atoms with Crippen molar-refractivity contribution in [2.75, 3.05) is 5.32 Å². The number of amides is 1. The third-order valence-electron chi connectivity index (χ3n) is 3.51. The average Bonchev–Trinajstić information content (AvgIpc) is 3.11. The molecule has 3 rings (SSSR count). The zero-order valence-corrected chi connectivity index (χ0v) is 12.9. The summed E-state index contributed by atoms with van der Waals surface area (Å²) < 4.78 is 67.4. The molecule has 1 aromatic heterocycles. The zero-order chi connectivity index (χ0) is 18.9. The Morgan fingerprint density at radius 3 is 2.42 bits per heavy atom. The molecule has 2 aromatic carbocycles. The molecule has 0 radical (unpaired) electrons. The van der Waals surface area contributed by atoms with E-state index in [1.807, 2.05) is 0 Å². The van der Waals surface area contributed by atoms with E-state index in [2.05, 4.69) is 10.4 Å². The van der Waals surface area contributed by atoms with Gasteiger partial charge < -0.3 is 5.32 Å². The molecule has 0 aliphatic rings. The first-order chi connectivity index (χ1) is 12.3. The second kappa shape index (κ2) is 6.58. The van der Waals surface area contributed by atoms with Crippen LogP contribution in [-0.2, 0) is 6.18 Å². The summed E-state index contributed by atoms with van der Waals surface area (Å²) in [4.78, 5) is 12.1. The highest BCUT2D eigenvalue weighted by molar-refractivity contribution is 6.04. The van der Waals surface area contributed by atoms with Crippen molar-refractivity contribution < 1.29 is 26.7 Å². The number of hydrogen-bond acceptors (Lipinski definition) is 2. The van der Waals surface area contributed by atoms with Gasteiger partial charge in [-0.3, -0.25) is 4.79 Å². The predicted molar refractivity (Wildman–Crippen MR) is 82.9 cm³/mol. The van der Waals surface area contributed by atoms with Crippen LogP contribution in [0.15, 0.2) is 54.9 Å². The van der Waals surface area contributed by atoms with E-state index >= 15 is 0 Å².